The quantitative estimate of drug-likeness (QED) is 0.234. The van der Waals surface area contributed by atoms with E-state index < -0.39 is 24.2 Å². The third kappa shape index (κ3) is 10.1. The second kappa shape index (κ2) is 14.9. The number of aliphatic carboxylic acids is 1. The van der Waals surface area contributed by atoms with Crippen LogP contribution in [0.4, 0.5) is 0 Å². The highest BCUT2D eigenvalue weighted by atomic mass is 16.9. The molecule has 0 aliphatic carbocycles. The Morgan fingerprint density at radius 2 is 1.42 bits per heavy atom. The van der Waals surface area contributed by atoms with E-state index in [1.165, 1.54) is 0 Å². The van der Waals surface area contributed by atoms with E-state index in [2.05, 4.69) is 0 Å². The summed E-state index contributed by atoms with van der Waals surface area (Å²) >= 11 is 0. The van der Waals surface area contributed by atoms with E-state index >= 15 is 0 Å². The monoisotopic (exact) mass is 378 g/mol. The van der Waals surface area contributed by atoms with E-state index in [-0.39, 0.29) is 32.7 Å². The number of carboxylic acids is 1. The summed E-state index contributed by atoms with van der Waals surface area (Å²) in [5.41, 5.74) is 0. The topological polar surface area (TPSA) is 101 Å². The zero-order valence-corrected chi connectivity index (χ0v) is 16.5. The lowest BCUT2D eigenvalue weighted by molar-refractivity contribution is -0.447. The van der Waals surface area contributed by atoms with E-state index in [0.29, 0.717) is 19.4 Å². The highest BCUT2D eigenvalue weighted by Gasteiger charge is 2.46. The first-order chi connectivity index (χ1) is 12.5. The first-order valence-electron chi connectivity index (χ1n) is 9.40. The highest BCUT2D eigenvalue weighted by Crippen LogP contribution is 2.25. The fourth-order valence-electron chi connectivity index (χ4n) is 2.20. The highest BCUT2D eigenvalue weighted by molar-refractivity contribution is 5.70. The smallest absolute Gasteiger partial charge is 0.349 e. The largest absolute Gasteiger partial charge is 0.481 e. The lowest BCUT2D eigenvalue weighted by Gasteiger charge is -2.37. The predicted molar refractivity (Wildman–Crippen MR) is 94.5 cm³/mol. The zero-order chi connectivity index (χ0) is 19.8. The predicted octanol–water partition coefficient (Wildman–Crippen LogP) is 3.08. The molecule has 0 aliphatic heterocycles. The molecule has 0 bridgehead atoms. The molecule has 1 N–H and O–H groups in total. The molecule has 0 aromatic carbocycles. The average molecular weight is 378 g/mol. The van der Waals surface area contributed by atoms with Crippen molar-refractivity contribution in [3.63, 3.8) is 0 Å². The standard InChI is InChI=1S/C18H34O8/c1-5-9-14-22-17(18(23-6-2,24-7-3)25-8-4)26-16(21)13-11-10-12-15(19)20/h17H,5-14H2,1-4H3,(H,19,20). The van der Waals surface area contributed by atoms with Crippen LogP contribution < -0.4 is 0 Å². The molecule has 0 fully saturated rings. The molecule has 0 saturated heterocycles. The minimum Gasteiger partial charge on any atom is -0.481 e. The molecule has 0 aromatic rings. The number of carbonyl (C=O) groups is 2. The summed E-state index contributed by atoms with van der Waals surface area (Å²) in [6, 6.07) is 0. The van der Waals surface area contributed by atoms with Crippen molar-refractivity contribution in [2.24, 2.45) is 0 Å². The van der Waals surface area contributed by atoms with Crippen molar-refractivity contribution >= 4 is 11.9 Å². The first kappa shape index (κ1) is 24.8. The number of hydrogen-bond donors (Lipinski definition) is 1. The Kier molecular flexibility index (Phi) is 14.2. The van der Waals surface area contributed by atoms with Gasteiger partial charge in [-0.1, -0.05) is 13.3 Å². The van der Waals surface area contributed by atoms with Gasteiger partial charge in [0, 0.05) is 32.7 Å². The van der Waals surface area contributed by atoms with Crippen LogP contribution in [0.2, 0.25) is 0 Å². The Bertz CT molecular complexity index is 368. The number of carbonyl (C=O) groups excluding carboxylic acids is 1. The second-order valence-corrected chi connectivity index (χ2v) is 5.55. The Morgan fingerprint density at radius 1 is 0.885 bits per heavy atom. The molecule has 0 aromatic heterocycles. The summed E-state index contributed by atoms with van der Waals surface area (Å²) in [5.74, 6) is -3.02. The Hall–Kier alpha value is -1.22. The zero-order valence-electron chi connectivity index (χ0n) is 16.5. The van der Waals surface area contributed by atoms with Gasteiger partial charge in [-0.15, -0.1) is 0 Å². The van der Waals surface area contributed by atoms with E-state index in [1.807, 2.05) is 6.92 Å². The maximum atomic E-state index is 12.2. The molecule has 8 heteroatoms. The van der Waals surface area contributed by atoms with Crippen LogP contribution >= 0.6 is 0 Å². The van der Waals surface area contributed by atoms with Gasteiger partial charge in [0.15, 0.2) is 0 Å². The van der Waals surface area contributed by atoms with Gasteiger partial charge in [-0.2, -0.15) is 0 Å². The maximum Gasteiger partial charge on any atom is 0.349 e. The van der Waals surface area contributed by atoms with Crippen LogP contribution in [0.1, 0.15) is 66.2 Å². The van der Waals surface area contributed by atoms with Crippen molar-refractivity contribution in [3.05, 3.63) is 0 Å². The van der Waals surface area contributed by atoms with Gasteiger partial charge >= 0.3 is 17.9 Å². The van der Waals surface area contributed by atoms with Gasteiger partial charge in [0.1, 0.15) is 0 Å². The number of esters is 1. The summed E-state index contributed by atoms with van der Waals surface area (Å²) in [7, 11) is 0. The van der Waals surface area contributed by atoms with Gasteiger partial charge < -0.3 is 28.8 Å². The van der Waals surface area contributed by atoms with Crippen LogP contribution in [0, 0.1) is 0 Å². The first-order valence-corrected chi connectivity index (χ1v) is 9.40. The maximum absolute atomic E-state index is 12.2. The molecule has 0 heterocycles. The van der Waals surface area contributed by atoms with E-state index in [0.717, 1.165) is 12.8 Å². The van der Waals surface area contributed by atoms with E-state index in [1.54, 1.807) is 20.8 Å². The van der Waals surface area contributed by atoms with Gasteiger partial charge in [-0.05, 0) is 40.0 Å². The van der Waals surface area contributed by atoms with Crippen LogP contribution in [0.5, 0.6) is 0 Å². The minimum absolute atomic E-state index is 0.0183. The lowest BCUT2D eigenvalue weighted by Crippen LogP contribution is -2.53. The molecule has 0 aliphatic rings. The van der Waals surface area contributed by atoms with Crippen molar-refractivity contribution in [1.82, 2.24) is 0 Å². The average Bonchev–Trinajstić information content (AvgIpc) is 2.58. The molecule has 0 amide bonds. The number of ether oxygens (including phenoxy) is 5. The van der Waals surface area contributed by atoms with Crippen molar-refractivity contribution < 1.29 is 38.4 Å². The fourth-order valence-corrected chi connectivity index (χ4v) is 2.20. The summed E-state index contributed by atoms with van der Waals surface area (Å²) in [4.78, 5) is 22.7. The Morgan fingerprint density at radius 3 is 1.88 bits per heavy atom. The van der Waals surface area contributed by atoms with E-state index in [4.69, 9.17) is 28.8 Å². The summed E-state index contributed by atoms with van der Waals surface area (Å²) in [5, 5.41) is 8.64. The van der Waals surface area contributed by atoms with Crippen LogP contribution in [-0.2, 0) is 33.3 Å². The molecule has 154 valence electrons. The van der Waals surface area contributed by atoms with Crippen molar-refractivity contribution in [2.45, 2.75) is 78.5 Å². The Labute approximate surface area is 156 Å². The van der Waals surface area contributed by atoms with Crippen molar-refractivity contribution in [2.75, 3.05) is 26.4 Å². The van der Waals surface area contributed by atoms with Gasteiger partial charge in [0.25, 0.3) is 6.29 Å². The molecule has 1 atom stereocenters. The Balaban J connectivity index is 5.00. The van der Waals surface area contributed by atoms with Gasteiger partial charge in [0.05, 0.1) is 6.61 Å². The summed E-state index contributed by atoms with van der Waals surface area (Å²) in [6.45, 7) is 8.57. The third-order valence-electron chi connectivity index (χ3n) is 3.35. The molecule has 0 radical (unpaired) electrons. The van der Waals surface area contributed by atoms with Crippen molar-refractivity contribution in [3.8, 4) is 0 Å². The number of hydrogen-bond acceptors (Lipinski definition) is 7. The SMILES string of the molecule is CCCCOC(OC(=O)CCCCC(=O)O)C(OCC)(OCC)OCC. The number of carboxylic acid groups (broad SMARTS) is 1. The molecule has 8 nitrogen and oxygen atoms in total. The van der Waals surface area contributed by atoms with Crippen LogP contribution in [0.15, 0.2) is 0 Å². The summed E-state index contributed by atoms with van der Waals surface area (Å²) in [6.07, 6.45) is 1.46. The number of unbranched alkanes of at least 4 members (excludes halogenated alkanes) is 2. The lowest BCUT2D eigenvalue weighted by atomic mass is 10.2. The second-order valence-electron chi connectivity index (χ2n) is 5.55. The van der Waals surface area contributed by atoms with Gasteiger partial charge in [-0.25, -0.2) is 0 Å². The molecule has 0 rings (SSSR count). The molecule has 0 saturated carbocycles. The molecular formula is C18H34O8. The van der Waals surface area contributed by atoms with Gasteiger partial charge in [0.2, 0.25) is 0 Å². The fraction of sp³-hybridized carbons (Fsp3) is 0.889. The normalized spacial score (nSPS) is 12.8. The third-order valence-corrected chi connectivity index (χ3v) is 3.35. The van der Waals surface area contributed by atoms with E-state index in [9.17, 15) is 9.59 Å². The van der Waals surface area contributed by atoms with Gasteiger partial charge in [-0.3, -0.25) is 9.59 Å². The minimum atomic E-state index is -1.62. The van der Waals surface area contributed by atoms with Crippen molar-refractivity contribution in [1.29, 1.82) is 0 Å². The van der Waals surface area contributed by atoms with Crippen LogP contribution in [0.25, 0.3) is 0 Å². The van der Waals surface area contributed by atoms with Crippen LogP contribution in [0.3, 0.4) is 0 Å². The molecule has 0 spiro atoms. The molecular weight excluding hydrogens is 344 g/mol. The van der Waals surface area contributed by atoms with Crippen LogP contribution in [-0.4, -0.2) is 55.7 Å². The molecule has 26 heavy (non-hydrogen) atoms. The summed E-state index contributed by atoms with van der Waals surface area (Å²) < 4.78 is 28.1. The molecule has 1 unspecified atom stereocenters. The number of rotatable bonds is 17.